The highest BCUT2D eigenvalue weighted by atomic mass is 35.5. The first-order valence-electron chi connectivity index (χ1n) is 8.04. The second-order valence-electron chi connectivity index (χ2n) is 6.61. The van der Waals surface area contributed by atoms with Gasteiger partial charge in [-0.2, -0.15) is 0 Å². The molecule has 2 aromatic rings. The number of thiazole rings is 1. The van der Waals surface area contributed by atoms with Gasteiger partial charge < -0.3 is 9.64 Å². The van der Waals surface area contributed by atoms with Gasteiger partial charge in [0.25, 0.3) is 0 Å². The van der Waals surface area contributed by atoms with Gasteiger partial charge in [0, 0.05) is 30.6 Å². The molecule has 1 aromatic heterocycles. The Balaban J connectivity index is 1.63. The largest absolute Gasteiger partial charge is 0.381 e. The van der Waals surface area contributed by atoms with Crippen molar-refractivity contribution in [2.45, 2.75) is 38.2 Å². The van der Waals surface area contributed by atoms with Crippen LogP contribution in [0.1, 0.15) is 32.1 Å². The lowest BCUT2D eigenvalue weighted by molar-refractivity contribution is 0.00227. The minimum Gasteiger partial charge on any atom is -0.381 e. The summed E-state index contributed by atoms with van der Waals surface area (Å²) in [4.78, 5) is 7.30. The number of aromatic nitrogens is 1. The normalized spacial score (nSPS) is 28.8. The molecule has 0 bridgehead atoms. The Kier molecular flexibility index (Phi) is 3.79. The summed E-state index contributed by atoms with van der Waals surface area (Å²) in [6.07, 6.45) is 6.73. The predicted octanol–water partition coefficient (Wildman–Crippen LogP) is 4.74. The van der Waals surface area contributed by atoms with Crippen LogP contribution in [0.2, 0.25) is 5.02 Å². The third kappa shape index (κ3) is 2.41. The smallest absolute Gasteiger partial charge is 0.186 e. The monoisotopic (exact) mass is 336 g/mol. The number of benzene rings is 1. The van der Waals surface area contributed by atoms with E-state index in [-0.39, 0.29) is 0 Å². The van der Waals surface area contributed by atoms with Crippen LogP contribution in [0.25, 0.3) is 10.2 Å². The first kappa shape index (κ1) is 14.7. The second kappa shape index (κ2) is 5.66. The van der Waals surface area contributed by atoms with Gasteiger partial charge in [-0.15, -0.1) is 0 Å². The number of fused-ring (bicyclic) bond motifs is 1. The van der Waals surface area contributed by atoms with Crippen molar-refractivity contribution in [2.75, 3.05) is 25.1 Å². The van der Waals surface area contributed by atoms with E-state index in [9.17, 15) is 0 Å². The predicted molar refractivity (Wildman–Crippen MR) is 93.2 cm³/mol. The van der Waals surface area contributed by atoms with E-state index in [1.54, 1.807) is 11.3 Å². The van der Waals surface area contributed by atoms with Crippen LogP contribution < -0.4 is 4.90 Å². The van der Waals surface area contributed by atoms with Crippen molar-refractivity contribution in [3.8, 4) is 0 Å². The van der Waals surface area contributed by atoms with Crippen molar-refractivity contribution in [2.24, 2.45) is 5.41 Å². The fraction of sp³-hybridized carbons (Fsp3) is 0.588. The molecule has 4 rings (SSSR count). The molecule has 0 N–H and O–H groups in total. The van der Waals surface area contributed by atoms with Crippen molar-refractivity contribution in [3.05, 3.63) is 23.2 Å². The average molecular weight is 337 g/mol. The van der Waals surface area contributed by atoms with Gasteiger partial charge in [0.2, 0.25) is 0 Å². The number of nitrogens with zero attached hydrogens (tertiary/aromatic N) is 2. The Labute approximate surface area is 140 Å². The summed E-state index contributed by atoms with van der Waals surface area (Å²) in [7, 11) is 1.87. The van der Waals surface area contributed by atoms with Crippen LogP contribution in [0.5, 0.6) is 0 Å². The molecule has 2 fully saturated rings. The molecule has 2 heterocycles. The molecule has 1 aromatic carbocycles. The number of rotatable bonds is 2. The second-order valence-corrected chi connectivity index (χ2v) is 8.06. The fourth-order valence-electron chi connectivity index (χ4n) is 4.29. The summed E-state index contributed by atoms with van der Waals surface area (Å²) in [5.41, 5.74) is 1.39. The lowest BCUT2D eigenvalue weighted by Gasteiger charge is -2.43. The molecule has 0 radical (unpaired) electrons. The van der Waals surface area contributed by atoms with Gasteiger partial charge in [0.05, 0.1) is 16.3 Å². The van der Waals surface area contributed by atoms with Gasteiger partial charge in [0.15, 0.2) is 5.13 Å². The van der Waals surface area contributed by atoms with E-state index in [1.165, 1.54) is 36.8 Å². The summed E-state index contributed by atoms with van der Waals surface area (Å²) in [5.74, 6) is 0. The molecule has 1 spiro atoms. The molecule has 5 heteroatoms. The van der Waals surface area contributed by atoms with E-state index in [0.717, 1.165) is 28.8 Å². The Morgan fingerprint density at radius 3 is 3.09 bits per heavy atom. The minimum absolute atomic E-state index is 0.336. The summed E-state index contributed by atoms with van der Waals surface area (Å²) < 4.78 is 6.98. The zero-order valence-corrected chi connectivity index (χ0v) is 14.4. The Bertz CT molecular complexity index is 688. The van der Waals surface area contributed by atoms with Crippen LogP contribution >= 0.6 is 22.9 Å². The molecule has 22 heavy (non-hydrogen) atoms. The third-order valence-electron chi connectivity index (χ3n) is 5.33. The highest BCUT2D eigenvalue weighted by Crippen LogP contribution is 2.47. The topological polar surface area (TPSA) is 25.4 Å². The van der Waals surface area contributed by atoms with Crippen molar-refractivity contribution >= 4 is 38.3 Å². The number of halogens is 1. The van der Waals surface area contributed by atoms with Gasteiger partial charge in [-0.05, 0) is 43.9 Å². The number of hydrogen-bond acceptors (Lipinski definition) is 4. The molecular formula is C17H21ClN2OS. The maximum absolute atomic E-state index is 6.10. The third-order valence-corrected chi connectivity index (χ3v) is 6.64. The van der Waals surface area contributed by atoms with Crippen molar-refractivity contribution in [3.63, 3.8) is 0 Å². The number of anilines is 1. The lowest BCUT2D eigenvalue weighted by atomic mass is 9.77. The maximum atomic E-state index is 6.10. The molecule has 1 saturated heterocycles. The van der Waals surface area contributed by atoms with E-state index in [0.29, 0.717) is 11.5 Å². The molecule has 1 aliphatic carbocycles. The van der Waals surface area contributed by atoms with Gasteiger partial charge in [0.1, 0.15) is 0 Å². The van der Waals surface area contributed by atoms with Crippen molar-refractivity contribution in [1.82, 2.24) is 4.98 Å². The first-order chi connectivity index (χ1) is 10.7. The van der Waals surface area contributed by atoms with Crippen molar-refractivity contribution < 1.29 is 4.74 Å². The van der Waals surface area contributed by atoms with E-state index < -0.39 is 0 Å². The minimum atomic E-state index is 0.336. The van der Waals surface area contributed by atoms with Crippen LogP contribution in [-0.2, 0) is 4.74 Å². The highest BCUT2D eigenvalue weighted by molar-refractivity contribution is 7.22. The van der Waals surface area contributed by atoms with E-state index in [1.807, 2.05) is 25.3 Å². The highest BCUT2D eigenvalue weighted by Gasteiger charge is 2.46. The van der Waals surface area contributed by atoms with Crippen LogP contribution in [0.4, 0.5) is 5.13 Å². The Morgan fingerprint density at radius 1 is 1.36 bits per heavy atom. The van der Waals surface area contributed by atoms with Gasteiger partial charge in [-0.1, -0.05) is 29.4 Å². The zero-order valence-electron chi connectivity index (χ0n) is 12.8. The summed E-state index contributed by atoms with van der Waals surface area (Å²) in [6.45, 7) is 2.19. The van der Waals surface area contributed by atoms with Crippen LogP contribution in [0, 0.1) is 5.41 Å². The lowest BCUT2D eigenvalue weighted by Crippen LogP contribution is -2.47. The molecule has 0 unspecified atom stereocenters. The first-order valence-corrected chi connectivity index (χ1v) is 9.23. The quantitative estimate of drug-likeness (QED) is 0.792. The zero-order chi connectivity index (χ0) is 15.2. The molecule has 118 valence electrons. The van der Waals surface area contributed by atoms with Gasteiger partial charge in [-0.25, -0.2) is 4.98 Å². The van der Waals surface area contributed by atoms with E-state index >= 15 is 0 Å². The Hall–Kier alpha value is -0.840. The molecule has 2 aliphatic rings. The number of piperidine rings is 1. The Morgan fingerprint density at radius 2 is 2.23 bits per heavy atom. The van der Waals surface area contributed by atoms with Crippen LogP contribution in [-0.4, -0.2) is 31.3 Å². The summed E-state index contributed by atoms with van der Waals surface area (Å²) >= 11 is 7.86. The molecule has 0 amide bonds. The summed E-state index contributed by atoms with van der Waals surface area (Å²) in [5, 5.41) is 1.92. The molecule has 1 saturated carbocycles. The molecule has 2 atom stereocenters. The van der Waals surface area contributed by atoms with Gasteiger partial charge in [-0.3, -0.25) is 0 Å². The van der Waals surface area contributed by atoms with Crippen LogP contribution in [0.15, 0.2) is 18.2 Å². The fourth-order valence-corrected chi connectivity index (χ4v) is 5.55. The molecule has 1 aliphatic heterocycles. The molecule has 3 nitrogen and oxygen atoms in total. The average Bonchev–Trinajstić information content (AvgIpc) is 3.11. The van der Waals surface area contributed by atoms with Crippen molar-refractivity contribution in [1.29, 1.82) is 0 Å². The standard InChI is InChI=1S/C17H21ClN2OS/c1-21-15-4-2-7-17(15)8-3-9-20(11-17)16-19-13-6-5-12(18)10-14(13)22-16/h5-6,10,15H,2-4,7-9,11H2,1H3/t15-,17+/m1/s1. The van der Waals surface area contributed by atoms with Gasteiger partial charge >= 0.3 is 0 Å². The maximum Gasteiger partial charge on any atom is 0.186 e. The SMILES string of the molecule is CO[C@@H]1CCC[C@@]12CCCN(c1nc3ccc(Cl)cc3s1)C2. The van der Waals surface area contributed by atoms with E-state index in [2.05, 4.69) is 4.90 Å². The van der Waals surface area contributed by atoms with Crippen LogP contribution in [0.3, 0.4) is 0 Å². The van der Waals surface area contributed by atoms with E-state index in [4.69, 9.17) is 21.3 Å². The summed E-state index contributed by atoms with van der Waals surface area (Å²) in [6, 6.07) is 5.96. The number of hydrogen-bond donors (Lipinski definition) is 0. The number of methoxy groups -OCH3 is 1. The molecular weight excluding hydrogens is 316 g/mol. The number of ether oxygens (including phenoxy) is 1.